The molecule has 2 nitrogen and oxygen atoms in total. The maximum Gasteiger partial charge on any atom is 0.176 e. The van der Waals surface area contributed by atoms with E-state index in [1.54, 1.807) is 0 Å². The van der Waals surface area contributed by atoms with Gasteiger partial charge in [-0.2, -0.15) is 11.8 Å². The number of ketones is 1. The molecule has 0 amide bonds. The number of carbonyl (C=O) groups is 1. The first-order chi connectivity index (χ1) is 10.1. The Bertz CT molecular complexity index is 490. The number of hydrogen-bond acceptors (Lipinski definition) is 3. The van der Waals surface area contributed by atoms with Gasteiger partial charge in [0.25, 0.3) is 0 Å². The monoisotopic (exact) mass is 306 g/mol. The average Bonchev–Trinajstić information content (AvgIpc) is 2.48. The number of carbonyl (C=O) groups excluding carboxylic acids is 1. The van der Waals surface area contributed by atoms with Crippen LogP contribution in [0.15, 0.2) is 12.1 Å². The molecule has 0 saturated heterocycles. The topological polar surface area (TPSA) is 26.3 Å². The maximum absolute atomic E-state index is 12.6. The molecule has 0 aliphatic heterocycles. The zero-order valence-electron chi connectivity index (χ0n) is 13.4. The van der Waals surface area contributed by atoms with E-state index in [4.69, 9.17) is 4.74 Å². The highest BCUT2D eigenvalue weighted by atomic mass is 32.2. The molecule has 0 unspecified atom stereocenters. The van der Waals surface area contributed by atoms with Gasteiger partial charge in [-0.3, -0.25) is 4.79 Å². The molecule has 1 fully saturated rings. The van der Waals surface area contributed by atoms with Crippen LogP contribution < -0.4 is 4.74 Å². The van der Waals surface area contributed by atoms with Crippen molar-refractivity contribution in [2.24, 2.45) is 0 Å². The van der Waals surface area contributed by atoms with Crippen LogP contribution >= 0.6 is 11.8 Å². The van der Waals surface area contributed by atoms with Crippen LogP contribution in [0.2, 0.25) is 0 Å². The van der Waals surface area contributed by atoms with Gasteiger partial charge < -0.3 is 4.74 Å². The van der Waals surface area contributed by atoms with Gasteiger partial charge in [0.2, 0.25) is 0 Å². The van der Waals surface area contributed by atoms with Crippen LogP contribution in [0.25, 0.3) is 0 Å². The van der Waals surface area contributed by atoms with Gasteiger partial charge in [-0.25, -0.2) is 0 Å². The van der Waals surface area contributed by atoms with Crippen LogP contribution in [0.3, 0.4) is 0 Å². The first kappa shape index (κ1) is 16.4. The lowest BCUT2D eigenvalue weighted by Gasteiger charge is -2.21. The lowest BCUT2D eigenvalue weighted by Crippen LogP contribution is -2.13. The van der Waals surface area contributed by atoms with Crippen molar-refractivity contribution >= 4 is 17.5 Å². The van der Waals surface area contributed by atoms with Gasteiger partial charge in [0.15, 0.2) is 5.78 Å². The van der Waals surface area contributed by atoms with Crippen molar-refractivity contribution in [3.8, 4) is 5.75 Å². The Kier molecular flexibility index (Phi) is 6.16. The Morgan fingerprint density at radius 1 is 1.24 bits per heavy atom. The van der Waals surface area contributed by atoms with Crippen molar-refractivity contribution in [2.45, 2.75) is 58.1 Å². The van der Waals surface area contributed by atoms with Crippen LogP contribution in [0.4, 0.5) is 0 Å². The third kappa shape index (κ3) is 4.50. The minimum absolute atomic E-state index is 0.209. The molecule has 2 rings (SSSR count). The molecule has 0 heterocycles. The fourth-order valence-electron chi connectivity index (χ4n) is 3.00. The Balaban J connectivity index is 2.06. The molecular weight excluding hydrogens is 280 g/mol. The van der Waals surface area contributed by atoms with E-state index in [-0.39, 0.29) is 5.78 Å². The number of hydrogen-bond donors (Lipinski definition) is 0. The summed E-state index contributed by atoms with van der Waals surface area (Å²) in [5.74, 6) is 1.56. The summed E-state index contributed by atoms with van der Waals surface area (Å²) >= 11 is 1.83. The molecule has 1 saturated carbocycles. The van der Waals surface area contributed by atoms with E-state index < -0.39 is 0 Å². The highest BCUT2D eigenvalue weighted by Gasteiger charge is 2.19. The quantitative estimate of drug-likeness (QED) is 0.696. The molecule has 1 aliphatic rings. The largest absolute Gasteiger partial charge is 0.493 e. The smallest absolute Gasteiger partial charge is 0.176 e. The summed E-state index contributed by atoms with van der Waals surface area (Å²) in [6.45, 7) is 6.61. The molecule has 21 heavy (non-hydrogen) atoms. The average molecular weight is 306 g/mol. The molecule has 3 heteroatoms. The number of Topliss-reactive ketones (excluding diaryl/α,β-unsaturated/α-hetero) is 1. The van der Waals surface area contributed by atoms with Gasteiger partial charge in [0, 0.05) is 5.25 Å². The number of benzene rings is 1. The maximum atomic E-state index is 12.6. The van der Waals surface area contributed by atoms with Crippen molar-refractivity contribution < 1.29 is 9.53 Å². The Morgan fingerprint density at radius 2 is 1.95 bits per heavy atom. The van der Waals surface area contributed by atoms with E-state index in [1.807, 2.05) is 38.6 Å². The molecule has 0 radical (unpaired) electrons. The second kappa shape index (κ2) is 7.88. The highest BCUT2D eigenvalue weighted by Crippen LogP contribution is 2.31. The van der Waals surface area contributed by atoms with Crippen molar-refractivity contribution in [3.05, 3.63) is 28.8 Å². The van der Waals surface area contributed by atoms with Gasteiger partial charge in [0.1, 0.15) is 5.75 Å². The third-order valence-corrected chi connectivity index (χ3v) is 5.38. The van der Waals surface area contributed by atoms with Crippen molar-refractivity contribution in [1.29, 1.82) is 0 Å². The fraction of sp³-hybridized carbons (Fsp3) is 0.611. The molecule has 1 aliphatic carbocycles. The van der Waals surface area contributed by atoms with E-state index in [2.05, 4.69) is 6.07 Å². The van der Waals surface area contributed by atoms with Crippen LogP contribution in [-0.4, -0.2) is 23.4 Å². The molecule has 0 spiro atoms. The number of rotatable bonds is 6. The minimum atomic E-state index is 0.209. The molecule has 0 atom stereocenters. The normalized spacial score (nSPS) is 16.0. The standard InChI is InChI=1S/C18H26O2S/c1-4-20-18-14(3)10-13(2)11-16(18)17(19)12-21-15-8-6-5-7-9-15/h10-11,15H,4-9,12H2,1-3H3. The zero-order valence-corrected chi connectivity index (χ0v) is 14.2. The highest BCUT2D eigenvalue weighted by molar-refractivity contribution is 8.00. The predicted octanol–water partition coefficient (Wildman–Crippen LogP) is 4.95. The van der Waals surface area contributed by atoms with Crippen LogP contribution in [0, 0.1) is 13.8 Å². The van der Waals surface area contributed by atoms with Crippen LogP contribution in [0.1, 0.15) is 60.5 Å². The fourth-order valence-corrected chi connectivity index (χ4v) is 4.21. The van der Waals surface area contributed by atoms with Crippen molar-refractivity contribution in [1.82, 2.24) is 0 Å². The first-order valence-corrected chi connectivity index (χ1v) is 9.05. The Labute approximate surface area is 132 Å². The molecule has 0 N–H and O–H groups in total. The molecule has 0 bridgehead atoms. The lowest BCUT2D eigenvalue weighted by molar-refractivity contribution is 0.101. The van der Waals surface area contributed by atoms with E-state index in [0.717, 1.165) is 22.4 Å². The van der Waals surface area contributed by atoms with Crippen molar-refractivity contribution in [3.63, 3.8) is 0 Å². The Morgan fingerprint density at radius 3 is 2.62 bits per heavy atom. The lowest BCUT2D eigenvalue weighted by atomic mass is 10.0. The molecule has 116 valence electrons. The molecule has 0 aromatic heterocycles. The van der Waals surface area contributed by atoms with E-state index in [1.165, 1.54) is 32.1 Å². The summed E-state index contributed by atoms with van der Waals surface area (Å²) in [6, 6.07) is 4.05. The van der Waals surface area contributed by atoms with Crippen molar-refractivity contribution in [2.75, 3.05) is 12.4 Å². The van der Waals surface area contributed by atoms with Gasteiger partial charge in [0.05, 0.1) is 17.9 Å². The summed E-state index contributed by atoms with van der Waals surface area (Å²) in [5.41, 5.74) is 2.95. The second-order valence-electron chi connectivity index (χ2n) is 5.89. The zero-order chi connectivity index (χ0) is 15.2. The summed E-state index contributed by atoms with van der Waals surface area (Å²) < 4.78 is 5.71. The van der Waals surface area contributed by atoms with Crippen LogP contribution in [0.5, 0.6) is 5.75 Å². The SMILES string of the molecule is CCOc1c(C)cc(C)cc1C(=O)CSC1CCCCC1. The first-order valence-electron chi connectivity index (χ1n) is 8.00. The summed E-state index contributed by atoms with van der Waals surface area (Å²) in [4.78, 5) is 12.6. The third-order valence-electron chi connectivity index (χ3n) is 4.01. The molecule has 1 aromatic carbocycles. The summed E-state index contributed by atoms with van der Waals surface area (Å²) in [5, 5.41) is 0.671. The number of aryl methyl sites for hydroxylation is 2. The minimum Gasteiger partial charge on any atom is -0.493 e. The Hall–Kier alpha value is -0.960. The van der Waals surface area contributed by atoms with Gasteiger partial charge in [-0.1, -0.05) is 25.3 Å². The summed E-state index contributed by atoms with van der Waals surface area (Å²) in [7, 11) is 0. The molecular formula is C18H26O2S. The van der Waals surface area contributed by atoms with Gasteiger partial charge in [-0.05, 0) is 50.8 Å². The van der Waals surface area contributed by atoms with E-state index >= 15 is 0 Å². The summed E-state index contributed by atoms with van der Waals surface area (Å²) in [6.07, 6.45) is 6.53. The predicted molar refractivity (Wildman–Crippen MR) is 90.7 cm³/mol. The van der Waals surface area contributed by atoms with Crippen LogP contribution in [-0.2, 0) is 0 Å². The number of thioether (sulfide) groups is 1. The number of ether oxygens (including phenoxy) is 1. The van der Waals surface area contributed by atoms with E-state index in [9.17, 15) is 4.79 Å². The van der Waals surface area contributed by atoms with Gasteiger partial charge in [-0.15, -0.1) is 0 Å². The van der Waals surface area contributed by atoms with E-state index in [0.29, 0.717) is 17.6 Å². The van der Waals surface area contributed by atoms with Gasteiger partial charge >= 0.3 is 0 Å². The second-order valence-corrected chi connectivity index (χ2v) is 7.17. The molecule has 1 aromatic rings.